The summed E-state index contributed by atoms with van der Waals surface area (Å²) in [5, 5.41) is 17.9. The van der Waals surface area contributed by atoms with Crippen LogP contribution in [0.5, 0.6) is 0 Å². The fourth-order valence-corrected chi connectivity index (χ4v) is 1.65. The van der Waals surface area contributed by atoms with Crippen molar-refractivity contribution in [3.8, 4) is 0 Å². The summed E-state index contributed by atoms with van der Waals surface area (Å²) in [6.45, 7) is 2.10. The number of rotatable bonds is 5. The maximum absolute atomic E-state index is 10.3. The van der Waals surface area contributed by atoms with Crippen molar-refractivity contribution < 1.29 is 15.0 Å². The summed E-state index contributed by atoms with van der Waals surface area (Å²) in [6.07, 6.45) is 6.80. The molecule has 1 aliphatic carbocycles. The van der Waals surface area contributed by atoms with E-state index in [2.05, 4.69) is 19.1 Å². The topological polar surface area (TPSA) is 57.5 Å². The number of aliphatic carboxylic acids is 1. The van der Waals surface area contributed by atoms with Crippen LogP contribution in [0.3, 0.4) is 0 Å². The van der Waals surface area contributed by atoms with Crippen molar-refractivity contribution in [3.05, 3.63) is 23.3 Å². The van der Waals surface area contributed by atoms with Crippen molar-refractivity contribution in [1.29, 1.82) is 0 Å². The highest BCUT2D eigenvalue weighted by molar-refractivity contribution is 5.67. The van der Waals surface area contributed by atoms with Crippen molar-refractivity contribution in [2.45, 2.75) is 45.1 Å². The van der Waals surface area contributed by atoms with Gasteiger partial charge in [-0.3, -0.25) is 4.79 Å². The van der Waals surface area contributed by atoms with Crippen LogP contribution in [0.25, 0.3) is 0 Å². The number of carboxylic acids is 1. The zero-order valence-corrected chi connectivity index (χ0v) is 9.07. The second-order valence-corrected chi connectivity index (χ2v) is 4.13. The molecule has 0 saturated carbocycles. The van der Waals surface area contributed by atoms with Crippen molar-refractivity contribution in [3.63, 3.8) is 0 Å². The third kappa shape index (κ3) is 4.79. The maximum atomic E-state index is 10.3. The van der Waals surface area contributed by atoms with Gasteiger partial charge in [0.2, 0.25) is 0 Å². The van der Waals surface area contributed by atoms with Gasteiger partial charge in [0.05, 0.1) is 12.5 Å². The van der Waals surface area contributed by atoms with Gasteiger partial charge in [-0.2, -0.15) is 0 Å². The highest BCUT2D eigenvalue weighted by atomic mass is 16.4. The van der Waals surface area contributed by atoms with Gasteiger partial charge in [0.25, 0.3) is 0 Å². The molecule has 0 aromatic rings. The fourth-order valence-electron chi connectivity index (χ4n) is 1.65. The summed E-state index contributed by atoms with van der Waals surface area (Å²) in [7, 11) is 0. The molecule has 0 saturated heterocycles. The van der Waals surface area contributed by atoms with Crippen LogP contribution in [0.2, 0.25) is 0 Å². The van der Waals surface area contributed by atoms with E-state index in [1.807, 2.05) is 0 Å². The lowest BCUT2D eigenvalue weighted by molar-refractivity contribution is -0.139. The first-order valence-corrected chi connectivity index (χ1v) is 5.33. The van der Waals surface area contributed by atoms with Gasteiger partial charge in [-0.15, -0.1) is 0 Å². The molecule has 0 heterocycles. The number of carboxylic acid groups (broad SMARTS) is 1. The van der Waals surface area contributed by atoms with E-state index < -0.39 is 12.1 Å². The minimum atomic E-state index is -0.934. The zero-order chi connectivity index (χ0) is 11.3. The van der Waals surface area contributed by atoms with Crippen LogP contribution in [-0.2, 0) is 4.79 Å². The molecular formula is C12H18O3. The first kappa shape index (κ1) is 12.0. The standard InChI is InChI=1S/C12H18O3/c1-9-2-4-10(5-3-9)6-7-11(13)8-12(14)15/h2,4,11,13H,3,5-8H2,1H3,(H,14,15). The van der Waals surface area contributed by atoms with Crippen molar-refractivity contribution >= 4 is 5.97 Å². The van der Waals surface area contributed by atoms with Crippen LogP contribution in [0, 0.1) is 0 Å². The first-order valence-electron chi connectivity index (χ1n) is 5.33. The van der Waals surface area contributed by atoms with E-state index >= 15 is 0 Å². The van der Waals surface area contributed by atoms with E-state index in [1.54, 1.807) is 0 Å². The maximum Gasteiger partial charge on any atom is 0.305 e. The summed E-state index contributed by atoms with van der Waals surface area (Å²) in [5.41, 5.74) is 2.69. The third-order valence-corrected chi connectivity index (χ3v) is 2.65. The van der Waals surface area contributed by atoms with Gasteiger partial charge in [0.15, 0.2) is 0 Å². The van der Waals surface area contributed by atoms with Crippen LogP contribution < -0.4 is 0 Å². The van der Waals surface area contributed by atoms with Crippen molar-refractivity contribution in [2.24, 2.45) is 0 Å². The molecule has 0 aliphatic heterocycles. The van der Waals surface area contributed by atoms with Gasteiger partial charge in [-0.25, -0.2) is 0 Å². The molecule has 84 valence electrons. The van der Waals surface area contributed by atoms with E-state index in [-0.39, 0.29) is 6.42 Å². The molecule has 1 rings (SSSR count). The summed E-state index contributed by atoms with van der Waals surface area (Å²) in [5.74, 6) is -0.934. The number of aliphatic hydroxyl groups is 1. The molecule has 0 radical (unpaired) electrons. The molecule has 2 N–H and O–H groups in total. The highest BCUT2D eigenvalue weighted by Crippen LogP contribution is 2.22. The molecule has 1 atom stereocenters. The Morgan fingerprint density at radius 1 is 1.47 bits per heavy atom. The SMILES string of the molecule is CC1=CC=C(CCC(O)CC(=O)O)CC1. The summed E-state index contributed by atoms with van der Waals surface area (Å²) < 4.78 is 0. The lowest BCUT2D eigenvalue weighted by Gasteiger charge is -2.13. The van der Waals surface area contributed by atoms with E-state index in [0.717, 1.165) is 19.3 Å². The van der Waals surface area contributed by atoms with Crippen LogP contribution in [0.4, 0.5) is 0 Å². The third-order valence-electron chi connectivity index (χ3n) is 2.65. The van der Waals surface area contributed by atoms with E-state index in [9.17, 15) is 9.90 Å². The predicted octanol–water partition coefficient (Wildman–Crippen LogP) is 2.27. The molecular weight excluding hydrogens is 192 g/mol. The molecule has 0 amide bonds. The van der Waals surface area contributed by atoms with Gasteiger partial charge in [-0.05, 0) is 32.6 Å². The average Bonchev–Trinajstić information content (AvgIpc) is 2.16. The average molecular weight is 210 g/mol. The first-order chi connectivity index (χ1) is 7.08. The number of hydrogen-bond donors (Lipinski definition) is 2. The molecule has 0 bridgehead atoms. The van der Waals surface area contributed by atoms with Gasteiger partial charge in [0, 0.05) is 0 Å². The van der Waals surface area contributed by atoms with E-state index in [0.29, 0.717) is 6.42 Å². The Morgan fingerprint density at radius 2 is 2.20 bits per heavy atom. The molecule has 3 heteroatoms. The molecule has 3 nitrogen and oxygen atoms in total. The second kappa shape index (κ2) is 5.71. The zero-order valence-electron chi connectivity index (χ0n) is 9.07. The number of allylic oxidation sites excluding steroid dienone is 4. The van der Waals surface area contributed by atoms with Gasteiger partial charge in [-0.1, -0.05) is 23.3 Å². The van der Waals surface area contributed by atoms with Crippen LogP contribution in [0.1, 0.15) is 39.0 Å². The minimum Gasteiger partial charge on any atom is -0.481 e. The van der Waals surface area contributed by atoms with Crippen molar-refractivity contribution in [1.82, 2.24) is 0 Å². The monoisotopic (exact) mass is 210 g/mol. The lowest BCUT2D eigenvalue weighted by atomic mass is 9.95. The molecule has 15 heavy (non-hydrogen) atoms. The molecule has 1 unspecified atom stereocenters. The smallest absolute Gasteiger partial charge is 0.305 e. The number of aliphatic hydroxyl groups excluding tert-OH is 1. The Morgan fingerprint density at radius 3 is 2.73 bits per heavy atom. The molecule has 0 aromatic carbocycles. The Balaban J connectivity index is 2.28. The number of carbonyl (C=O) groups is 1. The van der Waals surface area contributed by atoms with Crippen LogP contribution in [0.15, 0.2) is 23.3 Å². The second-order valence-electron chi connectivity index (χ2n) is 4.13. The predicted molar refractivity (Wildman–Crippen MR) is 58.6 cm³/mol. The van der Waals surface area contributed by atoms with E-state index in [4.69, 9.17) is 5.11 Å². The number of hydrogen-bond acceptors (Lipinski definition) is 2. The molecule has 0 spiro atoms. The summed E-state index contributed by atoms with van der Waals surface area (Å²) in [6, 6.07) is 0. The molecule has 1 aliphatic rings. The van der Waals surface area contributed by atoms with Gasteiger partial charge < -0.3 is 10.2 Å². The normalized spacial score (nSPS) is 18.0. The Kier molecular flexibility index (Phi) is 4.56. The minimum absolute atomic E-state index is 0.151. The Labute approximate surface area is 90.1 Å². The molecule has 0 fully saturated rings. The summed E-state index contributed by atoms with van der Waals surface area (Å²) >= 11 is 0. The summed E-state index contributed by atoms with van der Waals surface area (Å²) in [4.78, 5) is 10.3. The van der Waals surface area contributed by atoms with Gasteiger partial charge in [0.1, 0.15) is 0 Å². The van der Waals surface area contributed by atoms with Gasteiger partial charge >= 0.3 is 5.97 Å². The van der Waals surface area contributed by atoms with Crippen LogP contribution >= 0.6 is 0 Å². The van der Waals surface area contributed by atoms with E-state index in [1.165, 1.54) is 11.1 Å². The Bertz CT molecular complexity index is 289. The Hall–Kier alpha value is -1.09. The quantitative estimate of drug-likeness (QED) is 0.731. The van der Waals surface area contributed by atoms with Crippen LogP contribution in [-0.4, -0.2) is 22.3 Å². The lowest BCUT2D eigenvalue weighted by Crippen LogP contribution is -2.13. The fraction of sp³-hybridized carbons (Fsp3) is 0.583. The largest absolute Gasteiger partial charge is 0.481 e. The molecule has 0 aromatic heterocycles. The highest BCUT2D eigenvalue weighted by Gasteiger charge is 2.11. The van der Waals surface area contributed by atoms with Crippen molar-refractivity contribution in [2.75, 3.05) is 0 Å².